The molecule has 264 valence electrons. The van der Waals surface area contributed by atoms with Gasteiger partial charge in [-0.25, -0.2) is 0 Å². The molecule has 0 rings (SSSR count). The molecule has 0 aliphatic heterocycles. The Morgan fingerprint density at radius 1 is 0.614 bits per heavy atom. The third-order valence-corrected chi connectivity index (χ3v) is 7.96. The number of nitrogens with two attached hydrogens (primary N) is 5. The first-order chi connectivity index (χ1) is 21.2. The van der Waals surface area contributed by atoms with Crippen LogP contribution in [0.1, 0.15) is 40.0 Å². The minimum Gasteiger partial charge on any atom is -0.329 e. The van der Waals surface area contributed by atoms with E-state index in [4.69, 9.17) is 28.7 Å². The van der Waals surface area contributed by atoms with Crippen LogP contribution in [0.4, 0.5) is 0 Å². The van der Waals surface area contributed by atoms with Crippen molar-refractivity contribution in [2.45, 2.75) is 51.6 Å². The summed E-state index contributed by atoms with van der Waals surface area (Å²) >= 11 is 0. The van der Waals surface area contributed by atoms with Crippen LogP contribution in [-0.4, -0.2) is 182 Å². The topological polar surface area (TPSA) is 192 Å². The predicted molar refractivity (Wildman–Crippen MR) is 192 cm³/mol. The van der Waals surface area contributed by atoms with Gasteiger partial charge in [-0.3, -0.25) is 19.7 Å². The van der Waals surface area contributed by atoms with Crippen molar-refractivity contribution in [1.82, 2.24) is 35.6 Å². The lowest BCUT2D eigenvalue weighted by molar-refractivity contribution is 0.177. The Morgan fingerprint density at radius 3 is 1.48 bits per heavy atom. The third-order valence-electron chi connectivity index (χ3n) is 7.96. The quantitative estimate of drug-likeness (QED) is 0.0283. The van der Waals surface area contributed by atoms with Crippen molar-refractivity contribution in [3.8, 4) is 0 Å². The Labute approximate surface area is 271 Å². The molecule has 1 atom stereocenters. The van der Waals surface area contributed by atoms with Crippen LogP contribution in [0.25, 0.3) is 0 Å². The highest BCUT2D eigenvalue weighted by Gasteiger charge is 2.13. The lowest BCUT2D eigenvalue weighted by Gasteiger charge is -2.30. The smallest absolute Gasteiger partial charge is 0.0509 e. The van der Waals surface area contributed by atoms with E-state index in [1.165, 1.54) is 0 Å². The van der Waals surface area contributed by atoms with E-state index in [0.717, 1.165) is 144 Å². The molecule has 0 heterocycles. The summed E-state index contributed by atoms with van der Waals surface area (Å²) in [4.78, 5) is 14.0. The number of aliphatic imine (C=N–C) groups is 1. The molecule has 13 heteroatoms. The van der Waals surface area contributed by atoms with Gasteiger partial charge in [-0.2, -0.15) is 0 Å². The van der Waals surface area contributed by atoms with Gasteiger partial charge in [-0.15, -0.1) is 0 Å². The fourth-order valence-corrected chi connectivity index (χ4v) is 4.87. The molecule has 0 saturated heterocycles. The summed E-state index contributed by atoms with van der Waals surface area (Å²) in [5.41, 5.74) is 29.6. The van der Waals surface area contributed by atoms with Gasteiger partial charge in [-0.05, 0) is 52.9 Å². The van der Waals surface area contributed by atoms with Crippen molar-refractivity contribution >= 4 is 6.72 Å². The minimum absolute atomic E-state index is 0.146. The zero-order chi connectivity index (χ0) is 32.9. The van der Waals surface area contributed by atoms with Gasteiger partial charge in [0, 0.05) is 136 Å². The maximum absolute atomic E-state index is 6.17. The number of hydrogen-bond donors (Lipinski definition) is 8. The first-order valence-electron chi connectivity index (χ1n) is 17.3. The summed E-state index contributed by atoms with van der Waals surface area (Å²) in [6.07, 6.45) is 2.99. The molecule has 0 aliphatic carbocycles. The molecule has 0 aromatic heterocycles. The average Bonchev–Trinajstić information content (AvgIpc) is 2.99. The Kier molecular flexibility index (Phi) is 29.0. The molecule has 0 bridgehead atoms. The average molecular weight is 630 g/mol. The SMILES string of the molecule is C=NCCN(CCN)CCN(CCNCCC(C)(C)N)CCN(CCNCCN)CCNCCN(CCN)CCC(N)CC. The molecule has 0 radical (unpaired) electrons. The van der Waals surface area contributed by atoms with Crippen molar-refractivity contribution < 1.29 is 0 Å². The van der Waals surface area contributed by atoms with Gasteiger partial charge in [0.15, 0.2) is 0 Å². The lowest BCUT2D eigenvalue weighted by Crippen LogP contribution is -2.46. The number of rotatable bonds is 34. The van der Waals surface area contributed by atoms with Gasteiger partial charge < -0.3 is 49.5 Å². The van der Waals surface area contributed by atoms with Crippen LogP contribution in [0.3, 0.4) is 0 Å². The van der Waals surface area contributed by atoms with Gasteiger partial charge >= 0.3 is 0 Å². The van der Waals surface area contributed by atoms with Crippen molar-refractivity contribution in [2.24, 2.45) is 33.7 Å². The van der Waals surface area contributed by atoms with Gasteiger partial charge in [0.2, 0.25) is 0 Å². The summed E-state index contributed by atoms with van der Waals surface area (Å²) < 4.78 is 0. The molecule has 0 aliphatic rings. The van der Waals surface area contributed by atoms with E-state index in [1.807, 2.05) is 0 Å². The van der Waals surface area contributed by atoms with Crippen LogP contribution in [0.15, 0.2) is 4.99 Å². The van der Waals surface area contributed by atoms with Crippen LogP contribution in [-0.2, 0) is 0 Å². The summed E-state index contributed by atoms with van der Waals surface area (Å²) in [6.45, 7) is 30.0. The lowest BCUT2D eigenvalue weighted by atomic mass is 10.0. The monoisotopic (exact) mass is 630 g/mol. The Hall–Kier alpha value is -0.810. The van der Waals surface area contributed by atoms with Gasteiger partial charge in [-0.1, -0.05) is 6.92 Å². The molecule has 0 spiro atoms. The number of nitrogens with zero attached hydrogens (tertiary/aromatic N) is 5. The maximum Gasteiger partial charge on any atom is 0.0509 e. The fraction of sp³-hybridized carbons (Fsp3) is 0.968. The van der Waals surface area contributed by atoms with E-state index in [1.54, 1.807) is 0 Å². The predicted octanol–water partition coefficient (Wildman–Crippen LogP) is -2.21. The van der Waals surface area contributed by atoms with E-state index >= 15 is 0 Å². The minimum atomic E-state index is -0.146. The molecule has 1 unspecified atom stereocenters. The zero-order valence-electron chi connectivity index (χ0n) is 29.1. The summed E-state index contributed by atoms with van der Waals surface area (Å²) in [6, 6.07) is 0.269. The Balaban J connectivity index is 4.99. The Morgan fingerprint density at radius 2 is 1.05 bits per heavy atom. The highest BCUT2D eigenvalue weighted by atomic mass is 15.2. The second kappa shape index (κ2) is 29.6. The van der Waals surface area contributed by atoms with Crippen LogP contribution >= 0.6 is 0 Å². The molecule has 0 aromatic carbocycles. The summed E-state index contributed by atoms with van der Waals surface area (Å²) in [5, 5.41) is 10.7. The molecule has 0 saturated carbocycles. The zero-order valence-corrected chi connectivity index (χ0v) is 29.1. The number of nitrogens with one attached hydrogen (secondary N) is 3. The Bertz CT molecular complexity index is 620. The maximum atomic E-state index is 6.17. The van der Waals surface area contributed by atoms with Crippen LogP contribution in [0, 0.1) is 0 Å². The van der Waals surface area contributed by atoms with Gasteiger partial charge in [0.1, 0.15) is 0 Å². The van der Waals surface area contributed by atoms with Crippen molar-refractivity contribution in [2.75, 3.05) is 144 Å². The molecule has 13 N–H and O–H groups in total. The third kappa shape index (κ3) is 27.5. The van der Waals surface area contributed by atoms with Crippen molar-refractivity contribution in [3.63, 3.8) is 0 Å². The highest BCUT2D eigenvalue weighted by molar-refractivity contribution is 5.23. The summed E-state index contributed by atoms with van der Waals surface area (Å²) in [7, 11) is 0. The molecular formula is C31H75N13. The first-order valence-corrected chi connectivity index (χ1v) is 17.3. The van der Waals surface area contributed by atoms with Crippen LogP contribution in [0.2, 0.25) is 0 Å². The molecule has 0 aromatic rings. The van der Waals surface area contributed by atoms with Crippen LogP contribution < -0.4 is 44.6 Å². The first kappa shape index (κ1) is 43.2. The number of hydrogen-bond acceptors (Lipinski definition) is 13. The van der Waals surface area contributed by atoms with Crippen molar-refractivity contribution in [3.05, 3.63) is 0 Å². The van der Waals surface area contributed by atoms with E-state index in [9.17, 15) is 0 Å². The summed E-state index contributed by atoms with van der Waals surface area (Å²) in [5.74, 6) is 0. The van der Waals surface area contributed by atoms with E-state index < -0.39 is 0 Å². The molecule has 44 heavy (non-hydrogen) atoms. The normalized spacial score (nSPS) is 13.2. The second-order valence-corrected chi connectivity index (χ2v) is 12.6. The standard InChI is InChI=1S/C31H75N13/c1-5-30(35)6-18-41(19-9-33)22-16-40-17-24-43(23-15-39-12-8-32)27-29-44(25-14-38-11-7-31(2,3)36)28-26-42(20-10-34)21-13-37-4/h30,38-40H,4-29,32-36H2,1-3H3. The van der Waals surface area contributed by atoms with E-state index in [0.29, 0.717) is 19.6 Å². The van der Waals surface area contributed by atoms with E-state index in [2.05, 4.69) is 68.0 Å². The van der Waals surface area contributed by atoms with Gasteiger partial charge in [0.05, 0.1) is 6.54 Å². The van der Waals surface area contributed by atoms with Crippen molar-refractivity contribution in [1.29, 1.82) is 0 Å². The fourth-order valence-electron chi connectivity index (χ4n) is 4.87. The molecule has 0 fully saturated rings. The molecular weight excluding hydrogens is 554 g/mol. The largest absolute Gasteiger partial charge is 0.329 e. The molecule has 0 amide bonds. The van der Waals surface area contributed by atoms with E-state index in [-0.39, 0.29) is 11.6 Å². The molecule has 13 nitrogen and oxygen atoms in total. The highest BCUT2D eigenvalue weighted by Crippen LogP contribution is 2.01. The van der Waals surface area contributed by atoms with Gasteiger partial charge in [0.25, 0.3) is 0 Å². The second-order valence-electron chi connectivity index (χ2n) is 12.6. The van der Waals surface area contributed by atoms with Crippen LogP contribution in [0.5, 0.6) is 0 Å².